The number of nitro groups is 1. The first-order valence-corrected chi connectivity index (χ1v) is 8.73. The minimum atomic E-state index is -0.593. The topological polar surface area (TPSA) is 132 Å². The van der Waals surface area contributed by atoms with Crippen LogP contribution >= 0.6 is 11.6 Å². The average Bonchev–Trinajstić information content (AvgIpc) is 3.23. The van der Waals surface area contributed by atoms with Crippen LogP contribution in [0.5, 0.6) is 0 Å². The van der Waals surface area contributed by atoms with Crippen molar-refractivity contribution in [2.75, 3.05) is 10.6 Å². The molecule has 1 atom stereocenters. The summed E-state index contributed by atoms with van der Waals surface area (Å²) in [5.41, 5.74) is 0.906. The Morgan fingerprint density at radius 3 is 2.34 bits per heavy atom. The zero-order valence-electron chi connectivity index (χ0n) is 15.1. The molecule has 1 unspecified atom stereocenters. The molecule has 0 saturated carbocycles. The molecule has 1 heterocycles. The van der Waals surface area contributed by atoms with Crippen LogP contribution in [0, 0.1) is 10.1 Å². The van der Waals surface area contributed by atoms with Gasteiger partial charge in [-0.1, -0.05) is 11.6 Å². The molecule has 11 heteroatoms. The lowest BCUT2D eigenvalue weighted by Gasteiger charge is -2.12. The summed E-state index contributed by atoms with van der Waals surface area (Å²) in [6.45, 7) is 1.69. The Kier molecular flexibility index (Phi) is 5.84. The van der Waals surface area contributed by atoms with Crippen LogP contribution in [0.4, 0.5) is 17.1 Å². The van der Waals surface area contributed by atoms with E-state index in [1.54, 1.807) is 31.2 Å². The quantitative estimate of drug-likeness (QED) is 0.469. The van der Waals surface area contributed by atoms with Gasteiger partial charge in [-0.25, -0.2) is 9.67 Å². The van der Waals surface area contributed by atoms with Gasteiger partial charge in [0.1, 0.15) is 18.7 Å². The molecule has 0 saturated heterocycles. The molecule has 1 aromatic heterocycles. The number of non-ortho nitro benzene ring substituents is 1. The summed E-state index contributed by atoms with van der Waals surface area (Å²) in [6.07, 6.45) is 2.80. The Bertz CT molecular complexity index is 1050. The fourth-order valence-corrected chi connectivity index (χ4v) is 2.68. The van der Waals surface area contributed by atoms with Gasteiger partial charge in [-0.2, -0.15) is 5.10 Å². The number of hydrogen-bond donors (Lipinski definition) is 2. The van der Waals surface area contributed by atoms with E-state index < -0.39 is 16.9 Å². The van der Waals surface area contributed by atoms with Crippen LogP contribution in [0.1, 0.15) is 23.3 Å². The van der Waals surface area contributed by atoms with Crippen LogP contribution in [-0.4, -0.2) is 31.5 Å². The van der Waals surface area contributed by atoms with E-state index in [2.05, 4.69) is 20.7 Å². The highest BCUT2D eigenvalue weighted by molar-refractivity contribution is 6.34. The van der Waals surface area contributed by atoms with Crippen LogP contribution in [-0.2, 0) is 4.79 Å². The second kappa shape index (κ2) is 8.48. The van der Waals surface area contributed by atoms with E-state index >= 15 is 0 Å². The highest BCUT2D eigenvalue weighted by Gasteiger charge is 2.17. The Morgan fingerprint density at radius 1 is 1.14 bits per heavy atom. The number of benzene rings is 2. The average molecular weight is 415 g/mol. The number of carbonyl (C=O) groups excluding carboxylic acids is 2. The molecule has 0 aliphatic rings. The summed E-state index contributed by atoms with van der Waals surface area (Å²) in [6, 6.07) is 9.52. The summed E-state index contributed by atoms with van der Waals surface area (Å²) in [5, 5.41) is 20.0. The molecule has 0 aliphatic carbocycles. The third kappa shape index (κ3) is 4.74. The summed E-state index contributed by atoms with van der Waals surface area (Å²) in [7, 11) is 0. The Balaban J connectivity index is 1.64. The van der Waals surface area contributed by atoms with E-state index in [1.807, 2.05) is 0 Å². The van der Waals surface area contributed by atoms with Gasteiger partial charge in [-0.3, -0.25) is 19.7 Å². The maximum absolute atomic E-state index is 12.3. The van der Waals surface area contributed by atoms with Crippen molar-refractivity contribution in [1.29, 1.82) is 0 Å². The number of nitrogens with zero attached hydrogens (tertiary/aromatic N) is 4. The number of amides is 2. The zero-order chi connectivity index (χ0) is 21.0. The van der Waals surface area contributed by atoms with Gasteiger partial charge in [0.25, 0.3) is 11.6 Å². The van der Waals surface area contributed by atoms with Crippen LogP contribution in [0.2, 0.25) is 5.02 Å². The Hall–Kier alpha value is -3.79. The number of hydrogen-bond acceptors (Lipinski definition) is 6. The smallest absolute Gasteiger partial charge is 0.270 e. The first-order valence-electron chi connectivity index (χ1n) is 8.35. The predicted octanol–water partition coefficient (Wildman–Crippen LogP) is 3.29. The van der Waals surface area contributed by atoms with Crippen molar-refractivity contribution in [2.45, 2.75) is 13.0 Å². The molecule has 10 nitrogen and oxygen atoms in total. The molecule has 0 aliphatic heterocycles. The van der Waals surface area contributed by atoms with Crippen LogP contribution in [0.15, 0.2) is 55.1 Å². The van der Waals surface area contributed by atoms with Crippen molar-refractivity contribution >= 4 is 40.5 Å². The van der Waals surface area contributed by atoms with Crippen LogP contribution < -0.4 is 10.6 Å². The lowest BCUT2D eigenvalue weighted by atomic mass is 10.2. The first-order chi connectivity index (χ1) is 13.8. The van der Waals surface area contributed by atoms with E-state index in [9.17, 15) is 19.7 Å². The lowest BCUT2D eigenvalue weighted by Crippen LogP contribution is -2.24. The molecule has 3 rings (SSSR count). The van der Waals surface area contributed by atoms with Crippen molar-refractivity contribution in [1.82, 2.24) is 14.8 Å². The number of aromatic nitrogens is 3. The van der Waals surface area contributed by atoms with Crippen molar-refractivity contribution in [3.8, 4) is 0 Å². The number of nitro benzene ring substituents is 1. The van der Waals surface area contributed by atoms with Gasteiger partial charge in [0, 0.05) is 23.5 Å². The van der Waals surface area contributed by atoms with E-state index in [0.717, 1.165) is 6.07 Å². The van der Waals surface area contributed by atoms with Gasteiger partial charge in [-0.15, -0.1) is 0 Å². The molecule has 2 N–H and O–H groups in total. The summed E-state index contributed by atoms with van der Waals surface area (Å²) >= 11 is 5.96. The Labute approximate surface area is 169 Å². The van der Waals surface area contributed by atoms with Crippen molar-refractivity contribution in [3.63, 3.8) is 0 Å². The summed E-state index contributed by atoms with van der Waals surface area (Å²) in [5.74, 6) is -0.786. The van der Waals surface area contributed by atoms with Gasteiger partial charge >= 0.3 is 0 Å². The highest BCUT2D eigenvalue weighted by atomic mass is 35.5. The molecular weight excluding hydrogens is 400 g/mol. The SMILES string of the molecule is CC(C(=O)Nc1ccc(NC(=O)c2ccc([N+](=O)[O-])cc2Cl)cc1)n1cncn1. The largest absolute Gasteiger partial charge is 0.324 e. The van der Waals surface area contributed by atoms with Gasteiger partial charge in [0.2, 0.25) is 5.91 Å². The third-order valence-corrected chi connectivity index (χ3v) is 4.34. The summed E-state index contributed by atoms with van der Waals surface area (Å²) in [4.78, 5) is 38.6. The normalized spacial score (nSPS) is 11.5. The van der Waals surface area contributed by atoms with E-state index in [-0.39, 0.29) is 22.2 Å². The molecule has 0 bridgehead atoms. The minimum Gasteiger partial charge on any atom is -0.324 e. The van der Waals surface area contributed by atoms with Gasteiger partial charge in [0.15, 0.2) is 0 Å². The molecular formula is C18H15ClN6O4. The van der Waals surface area contributed by atoms with Crippen molar-refractivity contribution in [3.05, 3.63) is 75.8 Å². The first kappa shape index (κ1) is 20.0. The molecule has 2 aromatic carbocycles. The maximum atomic E-state index is 12.3. The van der Waals surface area contributed by atoms with Crippen LogP contribution in [0.25, 0.3) is 0 Å². The number of carbonyl (C=O) groups is 2. The summed E-state index contributed by atoms with van der Waals surface area (Å²) < 4.78 is 1.43. The molecule has 29 heavy (non-hydrogen) atoms. The lowest BCUT2D eigenvalue weighted by molar-refractivity contribution is -0.384. The van der Waals surface area contributed by atoms with E-state index in [0.29, 0.717) is 11.4 Å². The number of nitrogens with one attached hydrogen (secondary N) is 2. The third-order valence-electron chi connectivity index (χ3n) is 4.03. The monoisotopic (exact) mass is 414 g/mol. The van der Waals surface area contributed by atoms with Crippen LogP contribution in [0.3, 0.4) is 0 Å². The van der Waals surface area contributed by atoms with Gasteiger partial charge in [-0.05, 0) is 37.3 Å². The molecule has 2 amide bonds. The molecule has 148 valence electrons. The second-order valence-electron chi connectivity index (χ2n) is 5.99. The maximum Gasteiger partial charge on any atom is 0.270 e. The standard InChI is InChI=1S/C18H15ClN6O4/c1-11(24-10-20-9-21-24)17(26)22-12-2-4-13(5-3-12)23-18(27)15-7-6-14(25(28)29)8-16(15)19/h2-11H,1H3,(H,22,26)(H,23,27). The number of halogens is 1. The molecule has 3 aromatic rings. The van der Waals surface area contributed by atoms with Crippen molar-refractivity contribution < 1.29 is 14.5 Å². The molecule has 0 fully saturated rings. The number of rotatable bonds is 6. The van der Waals surface area contributed by atoms with Gasteiger partial charge in [0.05, 0.1) is 15.5 Å². The molecule has 0 radical (unpaired) electrons. The predicted molar refractivity (Wildman–Crippen MR) is 106 cm³/mol. The fourth-order valence-electron chi connectivity index (χ4n) is 2.42. The minimum absolute atomic E-state index is 0.0253. The number of anilines is 2. The van der Waals surface area contributed by atoms with E-state index in [4.69, 9.17) is 11.6 Å². The fraction of sp³-hybridized carbons (Fsp3) is 0.111. The van der Waals surface area contributed by atoms with E-state index in [1.165, 1.54) is 29.5 Å². The second-order valence-corrected chi connectivity index (χ2v) is 6.40. The van der Waals surface area contributed by atoms with Crippen molar-refractivity contribution in [2.24, 2.45) is 0 Å². The zero-order valence-corrected chi connectivity index (χ0v) is 15.8. The Morgan fingerprint density at radius 2 is 1.79 bits per heavy atom. The highest BCUT2D eigenvalue weighted by Crippen LogP contribution is 2.24. The molecule has 0 spiro atoms. The van der Waals surface area contributed by atoms with Gasteiger partial charge < -0.3 is 10.6 Å².